The molecule has 0 radical (unpaired) electrons. The minimum absolute atomic E-state index is 0.117. The molecule has 5 fully saturated rings. The maximum atomic E-state index is 14.1. The highest BCUT2D eigenvalue weighted by molar-refractivity contribution is 5.88. The van der Waals surface area contributed by atoms with Gasteiger partial charge in [-0.15, -0.1) is 0 Å². The summed E-state index contributed by atoms with van der Waals surface area (Å²) in [4.78, 5) is 52.6. The first-order chi connectivity index (χ1) is 19.8. The molecular weight excluding hydrogens is 556 g/mol. The van der Waals surface area contributed by atoms with E-state index in [1.807, 2.05) is 26.8 Å². The van der Waals surface area contributed by atoms with Crippen molar-refractivity contribution in [3.8, 4) is 0 Å². The van der Waals surface area contributed by atoms with E-state index in [2.05, 4.69) is 6.92 Å². The van der Waals surface area contributed by atoms with Crippen molar-refractivity contribution in [1.82, 2.24) is 0 Å². The second-order valence-corrected chi connectivity index (χ2v) is 15.6. The normalized spacial score (nSPS) is 55.1. The number of aliphatic hydroxyl groups is 3. The number of ether oxygens (including phenoxy) is 3. The van der Waals surface area contributed by atoms with Crippen molar-refractivity contribution in [1.29, 1.82) is 0 Å². The quantitative estimate of drug-likeness (QED) is 0.317. The Kier molecular flexibility index (Phi) is 6.69. The van der Waals surface area contributed by atoms with Gasteiger partial charge in [-0.2, -0.15) is 0 Å². The van der Waals surface area contributed by atoms with Crippen LogP contribution in [0.3, 0.4) is 0 Å². The lowest BCUT2D eigenvalue weighted by molar-refractivity contribution is -0.228. The van der Waals surface area contributed by atoms with E-state index in [9.17, 15) is 34.5 Å². The second kappa shape index (κ2) is 9.36. The molecule has 0 spiro atoms. The van der Waals surface area contributed by atoms with Crippen LogP contribution in [0.1, 0.15) is 74.7 Å². The van der Waals surface area contributed by atoms with Crippen molar-refractivity contribution in [3.63, 3.8) is 0 Å². The zero-order chi connectivity index (χ0) is 31.8. The van der Waals surface area contributed by atoms with Crippen molar-refractivity contribution >= 4 is 23.7 Å². The smallest absolute Gasteiger partial charge is 0.343 e. The number of carbonyl (C=O) groups is 4. The monoisotopic (exact) mass is 602 g/mol. The molecular formula is C33H46O10. The number of fused-ring (bicyclic) bond motifs is 9. The molecule has 0 aromatic carbocycles. The third kappa shape index (κ3) is 3.75. The first-order valence-corrected chi connectivity index (χ1v) is 15.7. The molecule has 10 nitrogen and oxygen atoms in total. The van der Waals surface area contributed by atoms with Gasteiger partial charge >= 0.3 is 17.9 Å². The van der Waals surface area contributed by atoms with Crippen LogP contribution in [0.4, 0.5) is 0 Å². The fraction of sp³-hybridized carbons (Fsp3) is 0.818. The Labute approximate surface area is 252 Å². The molecule has 10 heteroatoms. The summed E-state index contributed by atoms with van der Waals surface area (Å²) in [5.41, 5.74) is -4.62. The van der Waals surface area contributed by atoms with E-state index < -0.39 is 93.8 Å². The summed E-state index contributed by atoms with van der Waals surface area (Å²) < 4.78 is 18.0. The Hall–Kier alpha value is -2.30. The maximum absolute atomic E-state index is 14.1. The van der Waals surface area contributed by atoms with E-state index in [0.717, 1.165) is 0 Å². The van der Waals surface area contributed by atoms with Gasteiger partial charge in [0, 0.05) is 43.4 Å². The van der Waals surface area contributed by atoms with Gasteiger partial charge in [-0.3, -0.25) is 14.4 Å². The van der Waals surface area contributed by atoms with Gasteiger partial charge in [-0.25, -0.2) is 4.79 Å². The van der Waals surface area contributed by atoms with Crippen LogP contribution in [0.15, 0.2) is 11.8 Å². The van der Waals surface area contributed by atoms with E-state index in [1.54, 1.807) is 6.92 Å². The first kappa shape index (κ1) is 30.7. The van der Waals surface area contributed by atoms with Crippen LogP contribution >= 0.6 is 0 Å². The van der Waals surface area contributed by atoms with Gasteiger partial charge in [0.15, 0.2) is 11.4 Å². The lowest BCUT2D eigenvalue weighted by Crippen LogP contribution is -2.68. The lowest BCUT2D eigenvalue weighted by Gasteiger charge is -2.64. The minimum Gasteiger partial charge on any atom is -0.462 e. The van der Waals surface area contributed by atoms with Gasteiger partial charge in [-0.05, 0) is 67.8 Å². The van der Waals surface area contributed by atoms with Crippen molar-refractivity contribution in [3.05, 3.63) is 11.8 Å². The van der Waals surface area contributed by atoms with Gasteiger partial charge in [0.05, 0.1) is 11.5 Å². The van der Waals surface area contributed by atoms with Crippen LogP contribution < -0.4 is 0 Å². The summed E-state index contributed by atoms with van der Waals surface area (Å²) in [6.45, 7) is 13.9. The molecule has 1 heterocycles. The standard InChI is InChI=1S/C33H46O10/c1-13-9-20-32(7,33(8,40)29(39)43-20)25-22(13)31(6)12-19(41-15(3)34)23-21(24(31)28(25)42-16(4)35)27(38)26(37)17-10-18(36)14(2)11-30(17,23)5/h9,13-14,17-19,21-25,27-28,36,38,40H,10-12H2,1-8H3/t13-,14-,17-,18-,19-,21-,22+,23+,24-,25+,27-,28-,30+,31-,32+,33-/m1/s1. The Bertz CT molecular complexity index is 1300. The second-order valence-electron chi connectivity index (χ2n) is 15.6. The topological polar surface area (TPSA) is 157 Å². The van der Waals surface area contributed by atoms with Gasteiger partial charge in [0.2, 0.25) is 0 Å². The molecule has 0 aromatic rings. The molecule has 6 rings (SSSR count). The number of Topliss-reactive ketones (excluding diaryl/α,β-unsaturated/α-hetero) is 1. The summed E-state index contributed by atoms with van der Waals surface area (Å²) in [5.74, 6) is -5.35. The largest absolute Gasteiger partial charge is 0.462 e. The van der Waals surface area contributed by atoms with Gasteiger partial charge in [0.25, 0.3) is 0 Å². The number of esters is 3. The lowest BCUT2D eigenvalue weighted by atomic mass is 9.41. The fourth-order valence-corrected chi connectivity index (χ4v) is 11.7. The van der Waals surface area contributed by atoms with E-state index >= 15 is 0 Å². The highest BCUT2D eigenvalue weighted by atomic mass is 16.6. The summed E-state index contributed by atoms with van der Waals surface area (Å²) >= 11 is 0. The first-order valence-electron chi connectivity index (χ1n) is 15.7. The molecule has 0 aromatic heterocycles. The van der Waals surface area contributed by atoms with Crippen molar-refractivity contribution in [2.45, 2.75) is 105 Å². The molecule has 1 saturated heterocycles. The zero-order valence-corrected chi connectivity index (χ0v) is 26.3. The van der Waals surface area contributed by atoms with Crippen LogP contribution in [0.25, 0.3) is 0 Å². The van der Waals surface area contributed by atoms with Crippen LogP contribution in [0.2, 0.25) is 0 Å². The molecule has 16 atom stereocenters. The SMILES string of the molecule is CC(=O)O[C@@H]1[C@H]2[C@H]3[C@H]([C@H](OC(C)=O)C[C@]2(C)[C@@H]2[C@@H]1[C@]1(C)C(=C[C@H]2C)OC(=O)[C@@]1(C)O)[C@@]1(C)C[C@@H](C)[C@H](O)C[C@@H]1C(=O)[C@@H]3O. The van der Waals surface area contributed by atoms with Gasteiger partial charge in [0.1, 0.15) is 24.1 Å². The van der Waals surface area contributed by atoms with E-state index in [1.165, 1.54) is 20.8 Å². The number of hydrogen-bond donors (Lipinski definition) is 3. The molecule has 0 amide bonds. The van der Waals surface area contributed by atoms with Crippen LogP contribution in [-0.2, 0) is 33.4 Å². The van der Waals surface area contributed by atoms with Crippen LogP contribution in [0, 0.1) is 63.6 Å². The van der Waals surface area contributed by atoms with Crippen LogP contribution in [0.5, 0.6) is 0 Å². The highest BCUT2D eigenvalue weighted by Gasteiger charge is 2.79. The van der Waals surface area contributed by atoms with Crippen LogP contribution in [-0.4, -0.2) is 69.0 Å². The summed E-state index contributed by atoms with van der Waals surface area (Å²) in [5, 5.41) is 34.5. The number of ketones is 1. The summed E-state index contributed by atoms with van der Waals surface area (Å²) in [6.07, 6.45) is -0.677. The third-order valence-electron chi connectivity index (χ3n) is 13.3. The molecule has 43 heavy (non-hydrogen) atoms. The Morgan fingerprint density at radius 3 is 2.14 bits per heavy atom. The van der Waals surface area contributed by atoms with Gasteiger partial charge < -0.3 is 29.5 Å². The summed E-state index contributed by atoms with van der Waals surface area (Å²) in [6, 6.07) is 0. The van der Waals surface area contributed by atoms with Gasteiger partial charge in [-0.1, -0.05) is 27.7 Å². The van der Waals surface area contributed by atoms with E-state index in [4.69, 9.17) is 14.2 Å². The van der Waals surface area contributed by atoms with E-state index in [-0.39, 0.29) is 30.0 Å². The third-order valence-corrected chi connectivity index (χ3v) is 13.3. The number of aliphatic hydroxyl groups excluding tert-OH is 2. The molecule has 4 saturated carbocycles. The average Bonchev–Trinajstić information content (AvgIpc) is 3.23. The molecule has 6 aliphatic rings. The predicted molar refractivity (Wildman–Crippen MR) is 150 cm³/mol. The maximum Gasteiger partial charge on any atom is 0.343 e. The number of carbonyl (C=O) groups excluding carboxylic acids is 4. The number of rotatable bonds is 2. The van der Waals surface area contributed by atoms with Crippen molar-refractivity contribution in [2.75, 3.05) is 0 Å². The predicted octanol–water partition coefficient (Wildman–Crippen LogP) is 2.56. The minimum atomic E-state index is -1.92. The highest BCUT2D eigenvalue weighted by Crippen LogP contribution is 2.75. The Morgan fingerprint density at radius 1 is 0.907 bits per heavy atom. The fourth-order valence-electron chi connectivity index (χ4n) is 11.7. The molecule has 238 valence electrons. The molecule has 1 aliphatic heterocycles. The summed E-state index contributed by atoms with van der Waals surface area (Å²) in [7, 11) is 0. The Balaban J connectivity index is 1.59. The average molecular weight is 603 g/mol. The molecule has 0 unspecified atom stereocenters. The van der Waals surface area contributed by atoms with E-state index in [0.29, 0.717) is 18.6 Å². The zero-order valence-electron chi connectivity index (χ0n) is 26.3. The van der Waals surface area contributed by atoms with Crippen molar-refractivity contribution < 1.29 is 48.7 Å². The molecule has 3 N–H and O–H groups in total. The number of hydrogen-bond acceptors (Lipinski definition) is 10. The number of allylic oxidation sites excluding steroid dienone is 1. The molecule has 0 bridgehead atoms. The Morgan fingerprint density at radius 2 is 1.53 bits per heavy atom. The van der Waals surface area contributed by atoms with Crippen molar-refractivity contribution in [2.24, 2.45) is 63.6 Å². The molecule has 5 aliphatic carbocycles.